The van der Waals surface area contributed by atoms with Crippen LogP contribution < -0.4 is 14.8 Å². The van der Waals surface area contributed by atoms with E-state index in [-0.39, 0.29) is 18.6 Å². The Morgan fingerprint density at radius 2 is 2.03 bits per heavy atom. The lowest BCUT2D eigenvalue weighted by Crippen LogP contribution is -2.41. The molecule has 1 spiro atoms. The van der Waals surface area contributed by atoms with Crippen LogP contribution in [0.5, 0.6) is 11.5 Å². The number of carbonyl (C=O) groups excluding carboxylic acids is 2. The second-order valence-electron chi connectivity index (χ2n) is 8.01. The molecule has 2 aromatic rings. The first-order valence-corrected chi connectivity index (χ1v) is 9.88. The van der Waals surface area contributed by atoms with Crippen molar-refractivity contribution in [3.63, 3.8) is 0 Å². The number of fused-ring (bicyclic) bond motifs is 2. The predicted molar refractivity (Wildman–Crippen MR) is 105 cm³/mol. The van der Waals surface area contributed by atoms with E-state index < -0.39 is 23.5 Å². The Morgan fingerprint density at radius 1 is 1.20 bits per heavy atom. The largest absolute Gasteiger partial charge is 0.454 e. The Bertz CT molecular complexity index is 1070. The first-order valence-electron chi connectivity index (χ1n) is 9.88. The average Bonchev–Trinajstić information content (AvgIpc) is 3.50. The van der Waals surface area contributed by atoms with Crippen LogP contribution in [0.25, 0.3) is 0 Å². The molecular formula is C22H19N3O5. The SMILES string of the molecule is O=C(Nc1ccc2c(c1)OCO2)[C@@H]1[C@@H]2C=C[C@@]3(CN(Cc4ccncc4)C(=O)[C@H]13)O2. The van der Waals surface area contributed by atoms with Crippen molar-refractivity contribution in [3.05, 3.63) is 60.4 Å². The van der Waals surface area contributed by atoms with Gasteiger partial charge in [0.25, 0.3) is 0 Å². The highest BCUT2D eigenvalue weighted by Crippen LogP contribution is 2.52. The fourth-order valence-corrected chi connectivity index (χ4v) is 4.92. The molecule has 8 nitrogen and oxygen atoms in total. The number of carbonyl (C=O) groups is 2. The average molecular weight is 405 g/mol. The third-order valence-corrected chi connectivity index (χ3v) is 6.24. The first kappa shape index (κ1) is 17.5. The van der Waals surface area contributed by atoms with Gasteiger partial charge in [0.2, 0.25) is 18.6 Å². The molecule has 2 fully saturated rings. The van der Waals surface area contributed by atoms with Crippen molar-refractivity contribution in [1.82, 2.24) is 9.88 Å². The van der Waals surface area contributed by atoms with Gasteiger partial charge in [-0.2, -0.15) is 0 Å². The molecule has 2 bridgehead atoms. The van der Waals surface area contributed by atoms with Crippen molar-refractivity contribution in [2.45, 2.75) is 18.2 Å². The summed E-state index contributed by atoms with van der Waals surface area (Å²) in [6.07, 6.45) is 6.88. The fourth-order valence-electron chi connectivity index (χ4n) is 4.92. The van der Waals surface area contributed by atoms with E-state index in [1.807, 2.05) is 24.3 Å². The normalized spacial score (nSPS) is 30.1. The molecular weight excluding hydrogens is 386 g/mol. The minimum Gasteiger partial charge on any atom is -0.454 e. The van der Waals surface area contributed by atoms with Crippen molar-refractivity contribution in [2.75, 3.05) is 18.7 Å². The Kier molecular flexibility index (Phi) is 3.67. The highest BCUT2D eigenvalue weighted by molar-refractivity contribution is 5.99. The summed E-state index contributed by atoms with van der Waals surface area (Å²) in [6, 6.07) is 9.02. The zero-order chi connectivity index (χ0) is 20.3. The van der Waals surface area contributed by atoms with Gasteiger partial charge in [-0.15, -0.1) is 0 Å². The van der Waals surface area contributed by atoms with E-state index in [0.717, 1.165) is 5.56 Å². The van der Waals surface area contributed by atoms with Gasteiger partial charge in [0.05, 0.1) is 24.5 Å². The molecule has 6 rings (SSSR count). The van der Waals surface area contributed by atoms with Gasteiger partial charge < -0.3 is 24.4 Å². The summed E-state index contributed by atoms with van der Waals surface area (Å²) in [5.74, 6) is -0.137. The molecule has 4 aliphatic heterocycles. The molecule has 1 aromatic heterocycles. The number of amides is 2. The van der Waals surface area contributed by atoms with Gasteiger partial charge >= 0.3 is 0 Å². The van der Waals surface area contributed by atoms with Crippen molar-refractivity contribution in [3.8, 4) is 11.5 Å². The highest BCUT2D eigenvalue weighted by atomic mass is 16.7. The molecule has 0 radical (unpaired) electrons. The number of anilines is 1. The van der Waals surface area contributed by atoms with Gasteiger partial charge in [-0.25, -0.2) is 0 Å². The monoisotopic (exact) mass is 405 g/mol. The van der Waals surface area contributed by atoms with E-state index in [2.05, 4.69) is 10.3 Å². The van der Waals surface area contributed by atoms with E-state index in [0.29, 0.717) is 30.3 Å². The summed E-state index contributed by atoms with van der Waals surface area (Å²) >= 11 is 0. The van der Waals surface area contributed by atoms with Crippen LogP contribution in [0, 0.1) is 11.8 Å². The lowest BCUT2D eigenvalue weighted by atomic mass is 9.77. The summed E-state index contributed by atoms with van der Waals surface area (Å²) in [5.41, 5.74) is 0.866. The summed E-state index contributed by atoms with van der Waals surface area (Å²) in [5, 5.41) is 2.93. The van der Waals surface area contributed by atoms with E-state index in [1.54, 1.807) is 35.5 Å². The topological polar surface area (TPSA) is 90.0 Å². The maximum atomic E-state index is 13.3. The Labute approximate surface area is 172 Å². The predicted octanol–water partition coefficient (Wildman–Crippen LogP) is 1.73. The van der Waals surface area contributed by atoms with Crippen LogP contribution >= 0.6 is 0 Å². The molecule has 1 aromatic carbocycles. The molecule has 2 amide bonds. The molecule has 4 atom stereocenters. The van der Waals surface area contributed by atoms with Gasteiger partial charge in [-0.3, -0.25) is 14.6 Å². The number of rotatable bonds is 4. The van der Waals surface area contributed by atoms with Crippen LogP contribution in [0.1, 0.15) is 5.56 Å². The second-order valence-corrected chi connectivity index (χ2v) is 8.01. The molecule has 0 unspecified atom stereocenters. The zero-order valence-corrected chi connectivity index (χ0v) is 16.0. The maximum absolute atomic E-state index is 13.3. The molecule has 0 saturated carbocycles. The van der Waals surface area contributed by atoms with Crippen molar-refractivity contribution in [2.24, 2.45) is 11.8 Å². The van der Waals surface area contributed by atoms with Gasteiger partial charge in [0.15, 0.2) is 11.5 Å². The van der Waals surface area contributed by atoms with Crippen molar-refractivity contribution in [1.29, 1.82) is 0 Å². The molecule has 2 saturated heterocycles. The number of hydrogen-bond acceptors (Lipinski definition) is 6. The van der Waals surface area contributed by atoms with Crippen LogP contribution in [-0.4, -0.2) is 46.7 Å². The number of nitrogens with zero attached hydrogens (tertiary/aromatic N) is 2. The fraction of sp³-hybridized carbons (Fsp3) is 0.318. The Balaban J connectivity index is 1.24. The number of aromatic nitrogens is 1. The Hall–Kier alpha value is -3.39. The van der Waals surface area contributed by atoms with Gasteiger partial charge in [0.1, 0.15) is 5.60 Å². The van der Waals surface area contributed by atoms with Crippen molar-refractivity contribution < 1.29 is 23.8 Å². The summed E-state index contributed by atoms with van der Waals surface area (Å²) in [4.78, 5) is 32.2. The van der Waals surface area contributed by atoms with Crippen LogP contribution in [0.4, 0.5) is 5.69 Å². The zero-order valence-electron chi connectivity index (χ0n) is 16.0. The van der Waals surface area contributed by atoms with Crippen LogP contribution in [-0.2, 0) is 20.9 Å². The molecule has 5 heterocycles. The highest BCUT2D eigenvalue weighted by Gasteiger charge is 2.66. The first-order chi connectivity index (χ1) is 14.6. The number of hydrogen-bond donors (Lipinski definition) is 1. The molecule has 30 heavy (non-hydrogen) atoms. The number of benzene rings is 1. The standard InChI is InChI=1S/C22H19N3O5/c26-20(24-14-1-2-15-17(9-14)29-12-28-15)18-16-3-6-22(30-16)11-25(21(27)19(18)22)10-13-4-7-23-8-5-13/h1-9,16,18-19H,10-12H2,(H,24,26)/t16-,18+,19-,22-/m0/s1. The van der Waals surface area contributed by atoms with E-state index >= 15 is 0 Å². The van der Waals surface area contributed by atoms with E-state index in [9.17, 15) is 9.59 Å². The van der Waals surface area contributed by atoms with Crippen molar-refractivity contribution >= 4 is 17.5 Å². The minimum absolute atomic E-state index is 0.0514. The number of nitrogens with one attached hydrogen (secondary N) is 1. The van der Waals surface area contributed by atoms with Crippen LogP contribution in [0.3, 0.4) is 0 Å². The maximum Gasteiger partial charge on any atom is 0.231 e. The van der Waals surface area contributed by atoms with E-state index in [1.165, 1.54) is 0 Å². The van der Waals surface area contributed by atoms with Gasteiger partial charge in [-0.1, -0.05) is 12.2 Å². The number of pyridine rings is 1. The van der Waals surface area contributed by atoms with Gasteiger partial charge in [0, 0.05) is 30.7 Å². The van der Waals surface area contributed by atoms with E-state index in [4.69, 9.17) is 14.2 Å². The van der Waals surface area contributed by atoms with Gasteiger partial charge in [-0.05, 0) is 29.8 Å². The third kappa shape index (κ3) is 2.53. The molecule has 0 aliphatic carbocycles. The molecule has 152 valence electrons. The summed E-state index contributed by atoms with van der Waals surface area (Å²) in [6.45, 7) is 1.08. The quantitative estimate of drug-likeness (QED) is 0.780. The summed E-state index contributed by atoms with van der Waals surface area (Å²) in [7, 11) is 0. The molecule has 4 aliphatic rings. The number of ether oxygens (including phenoxy) is 3. The Morgan fingerprint density at radius 3 is 2.90 bits per heavy atom. The van der Waals surface area contributed by atoms with Crippen LogP contribution in [0.2, 0.25) is 0 Å². The minimum atomic E-state index is -0.730. The van der Waals surface area contributed by atoms with Crippen LogP contribution in [0.15, 0.2) is 54.9 Å². The second kappa shape index (κ2) is 6.30. The number of likely N-dealkylation sites (tertiary alicyclic amines) is 1. The lowest BCUT2D eigenvalue weighted by molar-refractivity contribution is -0.136. The third-order valence-electron chi connectivity index (χ3n) is 6.24. The molecule has 8 heteroatoms. The molecule has 1 N–H and O–H groups in total. The summed E-state index contributed by atoms with van der Waals surface area (Å²) < 4.78 is 16.9. The lowest BCUT2D eigenvalue weighted by Gasteiger charge is -2.23. The smallest absolute Gasteiger partial charge is 0.231 e.